The number of nitrogens with zero attached hydrogens (tertiary/aromatic N) is 3. The molecule has 0 saturated carbocycles. The molecule has 0 aliphatic carbocycles. The molecule has 5 heteroatoms. The van der Waals surface area contributed by atoms with E-state index in [1.165, 1.54) is 27.8 Å². The summed E-state index contributed by atoms with van der Waals surface area (Å²) in [4.78, 5) is 13.8. The Labute approximate surface area is 185 Å². The van der Waals surface area contributed by atoms with Gasteiger partial charge in [0.1, 0.15) is 12.2 Å². The summed E-state index contributed by atoms with van der Waals surface area (Å²) < 4.78 is 2.06. The van der Waals surface area contributed by atoms with E-state index in [0.29, 0.717) is 5.91 Å². The van der Waals surface area contributed by atoms with Crippen LogP contribution in [0.25, 0.3) is 11.3 Å². The number of carbonyl (C=O) groups excluding carboxylic acids is 1. The molecule has 1 aliphatic heterocycles. The summed E-state index contributed by atoms with van der Waals surface area (Å²) in [5.74, 6) is 0.319. The quantitative estimate of drug-likeness (QED) is 0.543. The lowest BCUT2D eigenvalue weighted by atomic mass is 10.0. The van der Waals surface area contributed by atoms with Crippen molar-refractivity contribution in [2.24, 2.45) is 0 Å². The summed E-state index contributed by atoms with van der Waals surface area (Å²) in [5, 5.41) is 7.30. The van der Waals surface area contributed by atoms with Crippen LogP contribution in [-0.4, -0.2) is 40.2 Å². The molecule has 1 aromatic heterocycles. The predicted molar refractivity (Wildman–Crippen MR) is 124 cm³/mol. The Morgan fingerprint density at radius 3 is 2.65 bits per heavy atom. The highest BCUT2D eigenvalue weighted by molar-refractivity contribution is 5.78. The number of hydrogen-bond acceptors (Lipinski definition) is 2. The average molecular weight is 418 g/mol. The minimum atomic E-state index is 0.319. The lowest BCUT2D eigenvalue weighted by Gasteiger charge is -2.14. The average Bonchev–Trinajstić information content (AvgIpc) is 3.36. The summed E-state index contributed by atoms with van der Waals surface area (Å²) in [6, 6.07) is 17.1. The first-order valence-corrected chi connectivity index (χ1v) is 11.4. The van der Waals surface area contributed by atoms with Crippen LogP contribution in [0.15, 0.2) is 54.7 Å². The van der Waals surface area contributed by atoms with Crippen molar-refractivity contribution in [2.45, 2.75) is 46.2 Å². The molecule has 0 atom stereocenters. The van der Waals surface area contributed by atoms with Gasteiger partial charge in [0.05, 0.1) is 18.7 Å². The van der Waals surface area contributed by atoms with Crippen molar-refractivity contribution in [1.29, 1.82) is 0 Å². The second-order valence-corrected chi connectivity index (χ2v) is 8.60. The summed E-state index contributed by atoms with van der Waals surface area (Å²) in [5.41, 5.74) is 7.36. The molecule has 0 radical (unpaired) electrons. The van der Waals surface area contributed by atoms with Crippen molar-refractivity contribution < 1.29 is 10.1 Å². The first-order chi connectivity index (χ1) is 15.1. The van der Waals surface area contributed by atoms with Crippen LogP contribution in [0, 0.1) is 13.8 Å². The molecular weight excluding hydrogens is 384 g/mol. The van der Waals surface area contributed by atoms with Gasteiger partial charge in [0.25, 0.3) is 0 Å². The van der Waals surface area contributed by atoms with Crippen LogP contribution in [0.4, 0.5) is 0 Å². The standard InChI is InChI=1S/C26H32N4O/c1-20-11-12-23(16-21(20)2)26-24(17-27-13-7-15-29-14-6-10-25(29)31)19-30(28-26)18-22-8-4-3-5-9-22/h3-5,8-9,11-12,16,19,27H,6-7,10,13-15,17-18H2,1-2H3/p+1. The third-order valence-corrected chi connectivity index (χ3v) is 6.18. The number of quaternary nitrogens is 1. The van der Waals surface area contributed by atoms with Crippen LogP contribution in [0.1, 0.15) is 41.5 Å². The van der Waals surface area contributed by atoms with Crippen LogP contribution in [0.5, 0.6) is 0 Å². The lowest BCUT2D eigenvalue weighted by Crippen LogP contribution is -2.82. The van der Waals surface area contributed by atoms with Gasteiger partial charge in [0.15, 0.2) is 0 Å². The molecule has 0 unspecified atom stereocenters. The van der Waals surface area contributed by atoms with Crippen LogP contribution in [-0.2, 0) is 17.9 Å². The minimum absolute atomic E-state index is 0.319. The van der Waals surface area contributed by atoms with Gasteiger partial charge in [-0.3, -0.25) is 9.48 Å². The van der Waals surface area contributed by atoms with Gasteiger partial charge in [-0.15, -0.1) is 0 Å². The lowest BCUT2D eigenvalue weighted by molar-refractivity contribution is -0.670. The number of aryl methyl sites for hydroxylation is 2. The van der Waals surface area contributed by atoms with Gasteiger partial charge in [-0.25, -0.2) is 0 Å². The van der Waals surface area contributed by atoms with Crippen molar-refractivity contribution in [3.05, 3.63) is 77.0 Å². The van der Waals surface area contributed by atoms with E-state index >= 15 is 0 Å². The molecule has 0 spiro atoms. The van der Waals surface area contributed by atoms with Crippen molar-refractivity contribution in [1.82, 2.24) is 14.7 Å². The number of rotatable bonds is 9. The Morgan fingerprint density at radius 1 is 1.06 bits per heavy atom. The van der Waals surface area contributed by atoms with E-state index in [1.807, 2.05) is 11.0 Å². The molecule has 2 aromatic carbocycles. The maximum Gasteiger partial charge on any atom is 0.222 e. The number of nitrogens with two attached hydrogens (primary N) is 1. The van der Waals surface area contributed by atoms with E-state index in [4.69, 9.17) is 5.10 Å². The first-order valence-electron chi connectivity index (χ1n) is 11.4. The van der Waals surface area contributed by atoms with E-state index in [-0.39, 0.29) is 0 Å². The molecule has 2 heterocycles. The van der Waals surface area contributed by atoms with E-state index in [1.54, 1.807) is 0 Å². The van der Waals surface area contributed by atoms with Crippen LogP contribution < -0.4 is 5.32 Å². The first kappa shape index (κ1) is 21.3. The predicted octanol–water partition coefficient (Wildman–Crippen LogP) is 3.29. The highest BCUT2D eigenvalue weighted by Gasteiger charge is 2.19. The molecule has 2 N–H and O–H groups in total. The van der Waals surface area contributed by atoms with Gasteiger partial charge in [0, 0.05) is 37.7 Å². The molecule has 4 rings (SSSR count). The Hall–Kier alpha value is -2.92. The van der Waals surface area contributed by atoms with Gasteiger partial charge < -0.3 is 10.2 Å². The van der Waals surface area contributed by atoms with Crippen molar-refractivity contribution in [3.63, 3.8) is 0 Å². The maximum absolute atomic E-state index is 11.8. The van der Waals surface area contributed by atoms with Crippen LogP contribution in [0.3, 0.4) is 0 Å². The fourth-order valence-corrected chi connectivity index (χ4v) is 4.22. The van der Waals surface area contributed by atoms with E-state index in [0.717, 1.165) is 57.7 Å². The van der Waals surface area contributed by atoms with Gasteiger partial charge in [-0.05, 0) is 43.0 Å². The minimum Gasteiger partial charge on any atom is -0.342 e. The van der Waals surface area contributed by atoms with Gasteiger partial charge in [-0.1, -0.05) is 42.5 Å². The highest BCUT2D eigenvalue weighted by Crippen LogP contribution is 2.24. The third kappa shape index (κ3) is 5.42. The smallest absolute Gasteiger partial charge is 0.222 e. The molecule has 1 saturated heterocycles. The molecular formula is C26H33N4O+. The molecule has 31 heavy (non-hydrogen) atoms. The Morgan fingerprint density at radius 2 is 1.90 bits per heavy atom. The molecule has 5 nitrogen and oxygen atoms in total. The number of benzene rings is 2. The Kier molecular flexibility index (Phi) is 6.82. The number of carbonyl (C=O) groups is 1. The van der Waals surface area contributed by atoms with Crippen molar-refractivity contribution in [2.75, 3.05) is 19.6 Å². The monoisotopic (exact) mass is 417 g/mol. The SMILES string of the molecule is Cc1ccc(-c2nn(Cc3ccccc3)cc2C[NH2+]CCCN2CCCC2=O)cc1C. The zero-order valence-electron chi connectivity index (χ0n) is 18.7. The summed E-state index contributed by atoms with van der Waals surface area (Å²) in [6.07, 6.45) is 4.97. The van der Waals surface area contributed by atoms with Gasteiger partial charge in [0.2, 0.25) is 5.91 Å². The van der Waals surface area contributed by atoms with Crippen LogP contribution in [0.2, 0.25) is 0 Å². The zero-order valence-corrected chi connectivity index (χ0v) is 18.7. The topological polar surface area (TPSA) is 54.7 Å². The normalized spacial score (nSPS) is 13.9. The number of likely N-dealkylation sites (tertiary alicyclic amines) is 1. The van der Waals surface area contributed by atoms with E-state index in [9.17, 15) is 4.79 Å². The highest BCUT2D eigenvalue weighted by atomic mass is 16.2. The van der Waals surface area contributed by atoms with Crippen molar-refractivity contribution in [3.8, 4) is 11.3 Å². The second-order valence-electron chi connectivity index (χ2n) is 8.60. The molecule has 3 aromatic rings. The summed E-state index contributed by atoms with van der Waals surface area (Å²) in [7, 11) is 0. The van der Waals surface area contributed by atoms with Gasteiger partial charge in [-0.2, -0.15) is 5.10 Å². The van der Waals surface area contributed by atoms with Crippen LogP contribution >= 0.6 is 0 Å². The number of aromatic nitrogens is 2. The van der Waals surface area contributed by atoms with Crippen molar-refractivity contribution >= 4 is 5.91 Å². The summed E-state index contributed by atoms with van der Waals surface area (Å²) in [6.45, 7) is 8.80. The third-order valence-electron chi connectivity index (χ3n) is 6.18. The second kappa shape index (κ2) is 9.92. The van der Waals surface area contributed by atoms with E-state index < -0.39 is 0 Å². The van der Waals surface area contributed by atoms with E-state index in [2.05, 4.69) is 72.5 Å². The molecule has 1 amide bonds. The zero-order chi connectivity index (χ0) is 21.6. The largest absolute Gasteiger partial charge is 0.342 e. The number of amides is 1. The Bertz CT molecular complexity index is 1030. The Balaban J connectivity index is 1.44. The fourth-order valence-electron chi connectivity index (χ4n) is 4.22. The number of hydrogen-bond donors (Lipinski definition) is 1. The van der Waals surface area contributed by atoms with Gasteiger partial charge >= 0.3 is 0 Å². The molecule has 1 aliphatic rings. The molecule has 1 fully saturated rings. The molecule has 0 bridgehead atoms. The summed E-state index contributed by atoms with van der Waals surface area (Å²) >= 11 is 0. The maximum atomic E-state index is 11.8. The fraction of sp³-hybridized carbons (Fsp3) is 0.385. The molecule has 162 valence electrons.